The smallest absolute Gasteiger partial charge is 0.387 e. The van der Waals surface area contributed by atoms with Gasteiger partial charge in [-0.25, -0.2) is 19.5 Å². The number of aromatic nitrogens is 4. The van der Waals surface area contributed by atoms with Gasteiger partial charge < -0.3 is 41.1 Å². The monoisotopic (exact) mass is 475 g/mol. The summed E-state index contributed by atoms with van der Waals surface area (Å²) < 4.78 is 22.4. The third kappa shape index (κ3) is 5.50. The third-order valence-corrected chi connectivity index (χ3v) is 5.20. The molecule has 8 N–H and O–H groups in total. The van der Waals surface area contributed by atoms with E-state index in [1.807, 2.05) is 6.92 Å². The number of imidazole rings is 1. The molecular formula is C16H26N7O8P. The number of hydrogen-bond donors (Lipinski definition) is 7. The van der Waals surface area contributed by atoms with Gasteiger partial charge in [0.2, 0.25) is 11.9 Å². The molecule has 15 nitrogen and oxygen atoms in total. The number of nitrogens with two attached hydrogens (primary N) is 1. The van der Waals surface area contributed by atoms with Gasteiger partial charge in [0, 0.05) is 19.5 Å². The molecule has 3 rings (SSSR count). The minimum absolute atomic E-state index is 0.0717. The highest BCUT2D eigenvalue weighted by Gasteiger charge is 2.46. The zero-order valence-electron chi connectivity index (χ0n) is 17.2. The number of carbonyl (C=O) groups excluding carboxylic acids is 1. The van der Waals surface area contributed by atoms with Crippen LogP contribution in [0.4, 0.5) is 11.8 Å². The lowest BCUT2D eigenvalue weighted by Gasteiger charge is -2.20. The lowest BCUT2D eigenvalue weighted by Crippen LogP contribution is -2.34. The molecule has 0 radical (unpaired) electrons. The SMILES string of the molecule is CCCC(=O)NCCNc1nc2c(N)ncnc2n1[C@@H]1O[C@H](COP(=O)(O)O)[C@@H](O)[C@H]1O. The van der Waals surface area contributed by atoms with Gasteiger partial charge in [0.05, 0.1) is 6.61 Å². The van der Waals surface area contributed by atoms with E-state index in [-0.39, 0.29) is 35.4 Å². The molecular weight excluding hydrogens is 449 g/mol. The Morgan fingerprint density at radius 2 is 2.06 bits per heavy atom. The number of aliphatic hydroxyl groups excluding tert-OH is 2. The van der Waals surface area contributed by atoms with Crippen molar-refractivity contribution in [3.05, 3.63) is 6.33 Å². The van der Waals surface area contributed by atoms with Crippen LogP contribution in [0.1, 0.15) is 26.0 Å². The zero-order chi connectivity index (χ0) is 23.5. The van der Waals surface area contributed by atoms with E-state index >= 15 is 0 Å². The van der Waals surface area contributed by atoms with E-state index < -0.39 is 39.0 Å². The number of hydrogen-bond acceptors (Lipinski definition) is 11. The Hall–Kier alpha value is -2.39. The van der Waals surface area contributed by atoms with E-state index in [1.165, 1.54) is 10.9 Å². The van der Waals surface area contributed by atoms with E-state index in [1.54, 1.807) is 0 Å². The highest BCUT2D eigenvalue weighted by atomic mass is 31.2. The Morgan fingerprint density at radius 3 is 2.75 bits per heavy atom. The summed E-state index contributed by atoms with van der Waals surface area (Å²) in [5.41, 5.74) is 6.29. The molecule has 16 heteroatoms. The summed E-state index contributed by atoms with van der Waals surface area (Å²) in [6.45, 7) is 1.79. The van der Waals surface area contributed by atoms with Crippen molar-refractivity contribution in [1.29, 1.82) is 0 Å². The first kappa shape index (κ1) is 24.3. The third-order valence-electron chi connectivity index (χ3n) is 4.71. The van der Waals surface area contributed by atoms with E-state index in [0.717, 1.165) is 6.42 Å². The molecule has 1 fully saturated rings. The summed E-state index contributed by atoms with van der Waals surface area (Å²) in [6.07, 6.45) is -3.16. The fourth-order valence-corrected chi connectivity index (χ4v) is 3.58. The van der Waals surface area contributed by atoms with Crippen LogP contribution in [0.5, 0.6) is 0 Å². The van der Waals surface area contributed by atoms with Crippen molar-refractivity contribution < 1.29 is 38.6 Å². The molecule has 32 heavy (non-hydrogen) atoms. The molecule has 0 unspecified atom stereocenters. The van der Waals surface area contributed by atoms with Crippen LogP contribution in [0, 0.1) is 0 Å². The van der Waals surface area contributed by atoms with Crippen molar-refractivity contribution in [2.45, 2.75) is 44.3 Å². The van der Waals surface area contributed by atoms with Crippen molar-refractivity contribution in [2.24, 2.45) is 0 Å². The van der Waals surface area contributed by atoms with Crippen molar-refractivity contribution in [2.75, 3.05) is 30.7 Å². The van der Waals surface area contributed by atoms with Crippen LogP contribution in [0.15, 0.2) is 6.33 Å². The molecule has 2 aromatic rings. The van der Waals surface area contributed by atoms with Crippen molar-refractivity contribution in [3.63, 3.8) is 0 Å². The van der Waals surface area contributed by atoms with E-state index in [9.17, 15) is 19.6 Å². The quantitative estimate of drug-likeness (QED) is 0.153. The first-order valence-electron chi connectivity index (χ1n) is 9.83. The normalized spacial score (nSPS) is 23.5. The summed E-state index contributed by atoms with van der Waals surface area (Å²) in [7, 11) is -4.81. The lowest BCUT2D eigenvalue weighted by molar-refractivity contribution is -0.121. The number of amides is 1. The Kier molecular flexibility index (Phi) is 7.61. The van der Waals surface area contributed by atoms with Crippen molar-refractivity contribution >= 4 is 36.7 Å². The maximum Gasteiger partial charge on any atom is 0.469 e. The summed E-state index contributed by atoms with van der Waals surface area (Å²) in [4.78, 5) is 41.8. The minimum atomic E-state index is -4.81. The van der Waals surface area contributed by atoms with Crippen LogP contribution in [-0.2, 0) is 18.6 Å². The average Bonchev–Trinajstić information content (AvgIpc) is 3.22. The largest absolute Gasteiger partial charge is 0.469 e. The van der Waals surface area contributed by atoms with Crippen LogP contribution in [-0.4, -0.2) is 83.4 Å². The summed E-state index contributed by atoms with van der Waals surface area (Å²) in [5, 5.41) is 26.6. The molecule has 4 atom stereocenters. The van der Waals surface area contributed by atoms with E-state index in [2.05, 4.69) is 30.1 Å². The minimum Gasteiger partial charge on any atom is -0.387 e. The number of fused-ring (bicyclic) bond motifs is 1. The van der Waals surface area contributed by atoms with Crippen molar-refractivity contribution in [1.82, 2.24) is 24.8 Å². The van der Waals surface area contributed by atoms with Gasteiger partial charge in [-0.3, -0.25) is 13.9 Å². The number of carbonyl (C=O) groups is 1. The predicted molar refractivity (Wildman–Crippen MR) is 110 cm³/mol. The molecule has 1 saturated heterocycles. The Balaban J connectivity index is 1.83. The zero-order valence-corrected chi connectivity index (χ0v) is 18.1. The average molecular weight is 475 g/mol. The molecule has 1 amide bonds. The second-order valence-corrected chi connectivity index (χ2v) is 8.34. The lowest BCUT2D eigenvalue weighted by atomic mass is 10.1. The molecule has 1 aliphatic heterocycles. The Bertz CT molecular complexity index is 998. The Morgan fingerprint density at radius 1 is 1.31 bits per heavy atom. The Labute approximate surface area is 182 Å². The standard InChI is InChI=1S/C16H26N7O8P/c1-2-3-9(24)18-4-5-19-16-22-10-13(17)20-7-21-14(10)23(16)15-12(26)11(25)8(31-15)6-30-32(27,28)29/h7-8,11-12,15,25-26H,2-6H2,1H3,(H,18,24)(H,19,22)(H2,17,20,21)(H2,27,28,29)/t8-,11-,12-,15-/m1/s1. The fraction of sp³-hybridized carbons (Fsp3) is 0.625. The summed E-state index contributed by atoms with van der Waals surface area (Å²) >= 11 is 0. The molecule has 2 aromatic heterocycles. The number of nitrogen functional groups attached to an aromatic ring is 1. The number of phosphoric acid groups is 1. The molecule has 1 aliphatic rings. The van der Waals surface area contributed by atoms with Gasteiger partial charge in [-0.1, -0.05) is 6.92 Å². The summed E-state index contributed by atoms with van der Waals surface area (Å²) in [5.74, 6) is 0.149. The van der Waals surface area contributed by atoms with Crippen LogP contribution < -0.4 is 16.4 Å². The first-order chi connectivity index (χ1) is 15.1. The van der Waals surface area contributed by atoms with Gasteiger partial charge in [0.25, 0.3) is 0 Å². The van der Waals surface area contributed by atoms with E-state index in [0.29, 0.717) is 13.0 Å². The molecule has 3 heterocycles. The molecule has 0 saturated carbocycles. The second kappa shape index (κ2) is 10.0. The number of nitrogens with one attached hydrogen (secondary N) is 2. The molecule has 0 spiro atoms. The van der Waals surface area contributed by atoms with Crippen LogP contribution in [0.25, 0.3) is 11.2 Å². The topological polar surface area (TPSA) is 227 Å². The number of anilines is 2. The van der Waals surface area contributed by atoms with Gasteiger partial charge in [-0.2, -0.15) is 0 Å². The van der Waals surface area contributed by atoms with Gasteiger partial charge in [0.1, 0.15) is 24.6 Å². The van der Waals surface area contributed by atoms with Crippen LogP contribution in [0.3, 0.4) is 0 Å². The van der Waals surface area contributed by atoms with Gasteiger partial charge in [0.15, 0.2) is 23.2 Å². The second-order valence-electron chi connectivity index (χ2n) is 7.10. The van der Waals surface area contributed by atoms with Crippen molar-refractivity contribution in [3.8, 4) is 0 Å². The fourth-order valence-electron chi connectivity index (χ4n) is 3.23. The van der Waals surface area contributed by atoms with Gasteiger partial charge >= 0.3 is 7.82 Å². The van der Waals surface area contributed by atoms with Gasteiger partial charge in [-0.05, 0) is 6.42 Å². The van der Waals surface area contributed by atoms with E-state index in [4.69, 9.17) is 20.3 Å². The molecule has 0 aromatic carbocycles. The number of rotatable bonds is 10. The first-order valence-corrected chi connectivity index (χ1v) is 11.4. The maximum absolute atomic E-state index is 11.6. The van der Waals surface area contributed by atoms with Gasteiger partial charge in [-0.15, -0.1) is 0 Å². The number of ether oxygens (including phenoxy) is 1. The number of phosphoric ester groups is 1. The number of nitrogens with zero attached hydrogens (tertiary/aromatic N) is 4. The van der Waals surface area contributed by atoms with Crippen LogP contribution >= 0.6 is 7.82 Å². The maximum atomic E-state index is 11.6. The predicted octanol–water partition coefficient (Wildman–Crippen LogP) is -1.53. The number of aliphatic hydroxyl groups is 2. The molecule has 178 valence electrons. The molecule has 0 bridgehead atoms. The summed E-state index contributed by atoms with van der Waals surface area (Å²) in [6, 6.07) is 0. The highest BCUT2D eigenvalue weighted by molar-refractivity contribution is 7.46. The van der Waals surface area contributed by atoms with Crippen LogP contribution in [0.2, 0.25) is 0 Å². The molecule has 0 aliphatic carbocycles. The highest BCUT2D eigenvalue weighted by Crippen LogP contribution is 2.39.